The first-order chi connectivity index (χ1) is 16.4. The third-order valence-corrected chi connectivity index (χ3v) is 5.35. The zero-order valence-electron chi connectivity index (χ0n) is 18.3. The third-order valence-electron chi connectivity index (χ3n) is 5.35. The van der Waals surface area contributed by atoms with Gasteiger partial charge in [-0.15, -0.1) is 0 Å². The van der Waals surface area contributed by atoms with Crippen LogP contribution in [0.15, 0.2) is 54.6 Å². The molecule has 2 heterocycles. The van der Waals surface area contributed by atoms with Crippen molar-refractivity contribution in [2.24, 2.45) is 0 Å². The number of amides is 3. The summed E-state index contributed by atoms with van der Waals surface area (Å²) < 4.78 is 16.1. The van der Waals surface area contributed by atoms with E-state index in [-0.39, 0.29) is 19.8 Å². The molecule has 0 aromatic heterocycles. The van der Waals surface area contributed by atoms with Gasteiger partial charge in [-0.2, -0.15) is 0 Å². The molecule has 3 amide bonds. The van der Waals surface area contributed by atoms with Gasteiger partial charge in [0, 0.05) is 18.7 Å². The van der Waals surface area contributed by atoms with E-state index in [4.69, 9.17) is 19.3 Å². The van der Waals surface area contributed by atoms with Crippen LogP contribution in [-0.2, 0) is 25.7 Å². The minimum absolute atomic E-state index is 0.0414. The quantitative estimate of drug-likeness (QED) is 0.464. The van der Waals surface area contributed by atoms with Crippen LogP contribution in [-0.4, -0.2) is 53.1 Å². The Balaban J connectivity index is 1.61. The topological polar surface area (TPSA) is 123 Å². The second-order valence-electron chi connectivity index (χ2n) is 7.54. The van der Waals surface area contributed by atoms with Crippen molar-refractivity contribution in [3.63, 3.8) is 0 Å². The number of hydrogen-bond acceptors (Lipinski definition) is 7. The Morgan fingerprint density at radius 1 is 1.12 bits per heavy atom. The van der Waals surface area contributed by atoms with E-state index in [0.29, 0.717) is 41.2 Å². The van der Waals surface area contributed by atoms with E-state index in [0.717, 1.165) is 11.0 Å². The van der Waals surface area contributed by atoms with Crippen LogP contribution in [0, 0.1) is 0 Å². The monoisotopic (exact) mass is 466 g/mol. The number of ether oxygens (including phenoxy) is 3. The summed E-state index contributed by atoms with van der Waals surface area (Å²) >= 11 is 0. The average Bonchev–Trinajstić information content (AvgIpc) is 3.40. The van der Waals surface area contributed by atoms with E-state index < -0.39 is 29.7 Å². The van der Waals surface area contributed by atoms with E-state index in [1.165, 1.54) is 4.90 Å². The molecule has 10 nitrogen and oxygen atoms in total. The van der Waals surface area contributed by atoms with Gasteiger partial charge in [0.05, 0.1) is 18.7 Å². The van der Waals surface area contributed by atoms with E-state index in [2.05, 4.69) is 0 Å². The van der Waals surface area contributed by atoms with Crippen molar-refractivity contribution in [3.8, 4) is 17.2 Å². The largest absolute Gasteiger partial charge is 0.494 e. The predicted octanol–water partition coefficient (Wildman–Crippen LogP) is 2.12. The van der Waals surface area contributed by atoms with E-state index in [1.807, 2.05) is 6.92 Å². The molecule has 2 aromatic carbocycles. The summed E-state index contributed by atoms with van der Waals surface area (Å²) in [7, 11) is 0. The van der Waals surface area contributed by atoms with E-state index in [1.54, 1.807) is 42.5 Å². The van der Waals surface area contributed by atoms with Crippen molar-refractivity contribution < 1.29 is 38.5 Å². The van der Waals surface area contributed by atoms with Crippen molar-refractivity contribution >= 4 is 29.4 Å². The van der Waals surface area contributed by atoms with Crippen LogP contribution in [0.25, 0.3) is 0 Å². The maximum Gasteiger partial charge on any atom is 0.328 e. The lowest BCUT2D eigenvalue weighted by Crippen LogP contribution is -2.44. The molecule has 1 saturated heterocycles. The minimum atomic E-state index is -1.30. The Morgan fingerprint density at radius 2 is 1.85 bits per heavy atom. The zero-order valence-corrected chi connectivity index (χ0v) is 18.3. The summed E-state index contributed by atoms with van der Waals surface area (Å²) in [6, 6.07) is 10.5. The Bertz CT molecular complexity index is 1160. The van der Waals surface area contributed by atoms with Crippen molar-refractivity contribution in [2.75, 3.05) is 18.3 Å². The van der Waals surface area contributed by atoms with Gasteiger partial charge in [0.25, 0.3) is 5.91 Å². The second kappa shape index (κ2) is 9.65. The first-order valence-electron chi connectivity index (χ1n) is 10.6. The number of carbonyl (C=O) groups is 4. The number of fused-ring (bicyclic) bond motifs is 1. The van der Waals surface area contributed by atoms with Crippen LogP contribution in [0.2, 0.25) is 0 Å². The molecule has 2 aliphatic heterocycles. The van der Waals surface area contributed by atoms with Gasteiger partial charge >= 0.3 is 5.97 Å². The molecule has 1 fully saturated rings. The Kier molecular flexibility index (Phi) is 6.48. The Labute approximate surface area is 194 Å². The summed E-state index contributed by atoms with van der Waals surface area (Å²) in [6.45, 7) is 2.36. The van der Waals surface area contributed by atoms with Crippen LogP contribution in [0.5, 0.6) is 17.2 Å². The Hall–Kier alpha value is -4.34. The van der Waals surface area contributed by atoms with Gasteiger partial charge in [0.2, 0.25) is 18.6 Å². The van der Waals surface area contributed by atoms with E-state index >= 15 is 0 Å². The number of hydrogen-bond donors (Lipinski definition) is 1. The lowest BCUT2D eigenvalue weighted by molar-refractivity contribution is -0.135. The lowest BCUT2D eigenvalue weighted by Gasteiger charge is -2.27. The van der Waals surface area contributed by atoms with Gasteiger partial charge in [0.1, 0.15) is 11.8 Å². The SMILES string of the molecule is CCOc1ccc(N2C(=O)C[C@H](N(Cc3ccc4c(c3)OCO4)C(=O)/C=C/C(=O)O)C2=O)cc1. The smallest absolute Gasteiger partial charge is 0.328 e. The standard InChI is InChI=1S/C24H22N2O8/c1-2-32-17-6-4-16(5-7-17)26-22(28)12-18(24(26)31)25(21(27)9-10-23(29)30)13-15-3-8-19-20(11-15)34-14-33-19/h3-11,18H,2,12-14H2,1H3,(H,29,30)/b10-9+/t18-/m0/s1. The molecule has 2 aliphatic rings. The molecular formula is C24H22N2O8. The van der Waals surface area contributed by atoms with Crippen LogP contribution in [0.1, 0.15) is 18.9 Å². The van der Waals surface area contributed by atoms with Crippen LogP contribution in [0.3, 0.4) is 0 Å². The zero-order chi connectivity index (χ0) is 24.2. The molecule has 10 heteroatoms. The van der Waals surface area contributed by atoms with Gasteiger partial charge in [-0.05, 0) is 48.9 Å². The van der Waals surface area contributed by atoms with Crippen molar-refractivity contribution in [3.05, 3.63) is 60.2 Å². The highest BCUT2D eigenvalue weighted by molar-refractivity contribution is 6.23. The number of imide groups is 1. The van der Waals surface area contributed by atoms with Crippen LogP contribution in [0.4, 0.5) is 5.69 Å². The maximum absolute atomic E-state index is 13.3. The molecule has 1 atom stereocenters. The highest BCUT2D eigenvalue weighted by Gasteiger charge is 2.44. The fourth-order valence-electron chi connectivity index (χ4n) is 3.80. The number of rotatable bonds is 8. The summed E-state index contributed by atoms with van der Waals surface area (Å²) in [5.74, 6) is -1.41. The molecule has 176 valence electrons. The van der Waals surface area contributed by atoms with Crippen molar-refractivity contribution in [2.45, 2.75) is 25.9 Å². The molecule has 0 radical (unpaired) electrons. The molecule has 34 heavy (non-hydrogen) atoms. The summed E-state index contributed by atoms with van der Waals surface area (Å²) in [5, 5.41) is 8.92. The third kappa shape index (κ3) is 4.70. The summed E-state index contributed by atoms with van der Waals surface area (Å²) in [5.41, 5.74) is 0.985. The molecule has 2 aromatic rings. The summed E-state index contributed by atoms with van der Waals surface area (Å²) in [4.78, 5) is 52.1. The molecule has 1 N–H and O–H groups in total. The van der Waals surface area contributed by atoms with Gasteiger partial charge in [-0.3, -0.25) is 14.4 Å². The molecule has 0 saturated carbocycles. The summed E-state index contributed by atoms with van der Waals surface area (Å²) in [6.07, 6.45) is 1.33. The lowest BCUT2D eigenvalue weighted by atomic mass is 10.1. The Morgan fingerprint density at radius 3 is 2.56 bits per heavy atom. The molecule has 0 bridgehead atoms. The van der Waals surface area contributed by atoms with Crippen molar-refractivity contribution in [1.29, 1.82) is 0 Å². The maximum atomic E-state index is 13.3. The number of aliphatic carboxylic acids is 1. The van der Waals surface area contributed by atoms with Crippen LogP contribution >= 0.6 is 0 Å². The van der Waals surface area contributed by atoms with E-state index in [9.17, 15) is 19.2 Å². The minimum Gasteiger partial charge on any atom is -0.494 e. The molecule has 0 unspecified atom stereocenters. The number of carboxylic acid groups (broad SMARTS) is 1. The molecule has 0 spiro atoms. The fourth-order valence-corrected chi connectivity index (χ4v) is 3.80. The first-order valence-corrected chi connectivity index (χ1v) is 10.6. The molecule has 4 rings (SSSR count). The van der Waals surface area contributed by atoms with Crippen LogP contribution < -0.4 is 19.1 Å². The number of carbonyl (C=O) groups excluding carboxylic acids is 3. The van der Waals surface area contributed by atoms with Gasteiger partial charge in [0.15, 0.2) is 11.5 Å². The molecular weight excluding hydrogens is 444 g/mol. The number of anilines is 1. The molecule has 0 aliphatic carbocycles. The van der Waals surface area contributed by atoms with Crippen molar-refractivity contribution in [1.82, 2.24) is 4.90 Å². The number of nitrogens with zero attached hydrogens (tertiary/aromatic N) is 2. The average molecular weight is 466 g/mol. The van der Waals surface area contributed by atoms with Gasteiger partial charge in [-0.1, -0.05) is 6.07 Å². The highest BCUT2D eigenvalue weighted by atomic mass is 16.7. The van der Waals surface area contributed by atoms with Gasteiger partial charge < -0.3 is 24.2 Å². The highest BCUT2D eigenvalue weighted by Crippen LogP contribution is 2.34. The van der Waals surface area contributed by atoms with Gasteiger partial charge in [-0.25, -0.2) is 9.69 Å². The fraction of sp³-hybridized carbons (Fsp3) is 0.250. The number of carboxylic acids is 1. The number of benzene rings is 2. The second-order valence-corrected chi connectivity index (χ2v) is 7.54. The normalized spacial score (nSPS) is 16.9. The predicted molar refractivity (Wildman–Crippen MR) is 118 cm³/mol. The first kappa shape index (κ1) is 22.8.